The van der Waals surface area contributed by atoms with Gasteiger partial charge in [-0.05, 0) is 187 Å². The standard InChI is InChI=1S/C80H72O28Si8/c1-57(81)89-73-25-9-65(10-26-73)41-49-109-97-110(50-42-66-11-27-74(28-12-66)90-58(2)82)100-113(53-45-69-17-33-77(34-18-69)93-61(5)85)102-111(98-109,51-43-67-13-29-75(30-14-67)91-59(3)83)104-115(55-47-71-21-37-79(38-22-71)95-63(7)87)105-112(99-109,52-44-68-15-31-76(32-16-68)92-60(4)84)103-114(101-110,54-46-70-19-35-78(36-20-70)94-62(6)86)107-116(106-113,108-115)56-48-72-23-39-80(40-24-72)96-64(8)88/h9-56H,1-8H3/b49-41+,50-42+,51-43+,52-44+,53-45+,54-46+,55-47+,56-48+. The summed E-state index contributed by atoms with van der Waals surface area (Å²) < 4.78 is 140. The Hall–Kier alpha value is -11.3. The summed E-state index contributed by atoms with van der Waals surface area (Å²) in [4.78, 5) is 98.7. The Morgan fingerprint density at radius 1 is 0.172 bits per heavy atom. The maximum atomic E-state index is 12.3. The van der Waals surface area contributed by atoms with Crippen LogP contribution in [0.4, 0.5) is 0 Å². The Labute approximate surface area is 674 Å². The van der Waals surface area contributed by atoms with Crippen LogP contribution in [0.2, 0.25) is 0 Å². The van der Waals surface area contributed by atoms with Gasteiger partial charge in [0.1, 0.15) is 46.0 Å². The second-order valence-electron chi connectivity index (χ2n) is 26.0. The summed E-state index contributed by atoms with van der Waals surface area (Å²) in [6.45, 7) is 10.1. The molecule has 592 valence electrons. The number of esters is 8. The number of carbonyl (C=O) groups excluding carboxylic acids is 8. The Kier molecular flexibility index (Phi) is 25.0. The molecule has 116 heavy (non-hydrogen) atoms. The van der Waals surface area contributed by atoms with Gasteiger partial charge in [-0.25, -0.2) is 0 Å². The van der Waals surface area contributed by atoms with Gasteiger partial charge in [-0.3, -0.25) is 38.4 Å². The lowest BCUT2D eigenvalue weighted by atomic mass is 10.2. The summed E-state index contributed by atoms with van der Waals surface area (Å²) in [6.07, 6.45) is 13.0. The van der Waals surface area contributed by atoms with E-state index in [1.807, 2.05) is 0 Å². The second-order valence-corrected chi connectivity index (χ2v) is 48.1. The lowest BCUT2D eigenvalue weighted by Crippen LogP contribution is -2.87. The van der Waals surface area contributed by atoms with Crippen molar-refractivity contribution in [2.24, 2.45) is 0 Å². The molecule has 28 nitrogen and oxygen atoms in total. The van der Waals surface area contributed by atoms with Crippen LogP contribution in [0, 0.1) is 0 Å². The van der Waals surface area contributed by atoms with Crippen molar-refractivity contribution in [1.82, 2.24) is 0 Å². The minimum absolute atomic E-state index is 0.215. The third-order valence-electron chi connectivity index (χ3n) is 16.4. The number of carbonyl (C=O) groups is 8. The number of rotatable bonds is 24. The molecule has 0 spiro atoms. The molecule has 8 aromatic carbocycles. The van der Waals surface area contributed by atoms with Crippen molar-refractivity contribution < 1.29 is 126 Å². The van der Waals surface area contributed by atoms with Crippen molar-refractivity contribution >= 4 is 167 Å². The first kappa shape index (κ1) is 82.7. The van der Waals surface area contributed by atoms with E-state index < -0.39 is 118 Å². The fraction of sp³-hybridized carbons (Fsp3) is 0.100. The molecule has 6 aliphatic heterocycles. The molecular weight excluding hydrogens is 1630 g/mol. The van der Waals surface area contributed by atoms with E-state index in [4.69, 9.17) is 87.3 Å². The zero-order valence-corrected chi connectivity index (χ0v) is 71.1. The maximum Gasteiger partial charge on any atom is 0.508 e. The highest BCUT2D eigenvalue weighted by Crippen LogP contribution is 2.52. The van der Waals surface area contributed by atoms with Crippen molar-refractivity contribution in [1.29, 1.82) is 0 Å². The van der Waals surface area contributed by atoms with Gasteiger partial charge in [-0.1, -0.05) is 146 Å². The third-order valence-corrected chi connectivity index (χ3v) is 48.3. The Morgan fingerprint density at radius 2 is 0.259 bits per heavy atom. The maximum absolute atomic E-state index is 12.3. The van der Waals surface area contributed by atoms with Crippen LogP contribution in [0.3, 0.4) is 0 Å². The van der Waals surface area contributed by atoms with E-state index in [0.717, 1.165) is 0 Å². The molecule has 0 N–H and O–H groups in total. The van der Waals surface area contributed by atoms with Gasteiger partial charge >= 0.3 is 118 Å². The Morgan fingerprint density at radius 3 is 0.336 bits per heavy atom. The molecule has 14 rings (SSSR count). The van der Waals surface area contributed by atoms with E-state index in [1.165, 1.54) is 101 Å². The summed E-state index contributed by atoms with van der Waals surface area (Å²) in [5.74, 6) is -2.84. The first-order chi connectivity index (χ1) is 55.4. The molecule has 0 aliphatic carbocycles. The number of ether oxygens (including phenoxy) is 8. The van der Waals surface area contributed by atoms with E-state index in [-0.39, 0.29) is 46.0 Å². The molecule has 0 radical (unpaired) electrons. The van der Waals surface area contributed by atoms with Gasteiger partial charge in [0.05, 0.1) is 0 Å². The molecule has 0 unspecified atom stereocenters. The molecule has 8 bridgehead atoms. The predicted octanol–water partition coefficient (Wildman–Crippen LogP) is 13.2. The zero-order valence-electron chi connectivity index (χ0n) is 63.1. The van der Waals surface area contributed by atoms with Crippen LogP contribution in [0.1, 0.15) is 99.9 Å². The lowest BCUT2D eigenvalue weighted by molar-refractivity contribution is -0.132. The van der Waals surface area contributed by atoms with Crippen molar-refractivity contribution in [2.45, 2.75) is 55.4 Å². The number of hydrogen-bond donors (Lipinski definition) is 0. The van der Waals surface area contributed by atoms with Crippen LogP contribution in [-0.4, -0.2) is 118 Å². The second kappa shape index (κ2) is 35.0. The first-order valence-corrected chi connectivity index (χ1v) is 50.1. The quantitative estimate of drug-likeness (QED) is 0.0308. The minimum Gasteiger partial charge on any atom is -0.427 e. The summed E-state index contributed by atoms with van der Waals surface area (Å²) in [5, 5.41) is 0. The average Bonchev–Trinajstić information content (AvgIpc) is 0.685. The Bertz CT molecular complexity index is 4250. The largest absolute Gasteiger partial charge is 0.508 e. The van der Waals surface area contributed by atoms with E-state index in [1.54, 1.807) is 243 Å². The Balaban J connectivity index is 1.17. The summed E-state index contributed by atoms with van der Waals surface area (Å²) in [7, 11) is -43.1. The van der Waals surface area contributed by atoms with Crippen LogP contribution < -0.4 is 37.9 Å². The highest BCUT2D eigenvalue weighted by atomic mass is 28.6. The minimum atomic E-state index is -5.39. The van der Waals surface area contributed by atoms with Gasteiger partial charge in [0, 0.05) is 55.4 Å². The molecular formula is C80H72O28Si8. The molecule has 0 atom stereocenters. The summed E-state index contributed by atoms with van der Waals surface area (Å²) >= 11 is 0. The van der Waals surface area contributed by atoms with Gasteiger partial charge in [0.15, 0.2) is 0 Å². The van der Waals surface area contributed by atoms with Gasteiger partial charge in [-0.15, -0.1) is 0 Å². The lowest BCUT2D eigenvalue weighted by Gasteiger charge is -2.60. The van der Waals surface area contributed by atoms with Crippen molar-refractivity contribution in [3.63, 3.8) is 0 Å². The van der Waals surface area contributed by atoms with E-state index >= 15 is 0 Å². The third kappa shape index (κ3) is 21.8. The van der Waals surface area contributed by atoms with Crippen molar-refractivity contribution in [3.8, 4) is 46.0 Å². The van der Waals surface area contributed by atoms with E-state index in [2.05, 4.69) is 0 Å². The fourth-order valence-corrected chi connectivity index (χ4v) is 53.5. The van der Waals surface area contributed by atoms with E-state index in [9.17, 15) is 38.4 Å². The monoisotopic (exact) mass is 1700 g/mol. The predicted molar refractivity (Wildman–Crippen MR) is 433 cm³/mol. The van der Waals surface area contributed by atoms with Gasteiger partial charge < -0.3 is 87.3 Å². The molecule has 6 saturated heterocycles. The van der Waals surface area contributed by atoms with Crippen LogP contribution in [0.5, 0.6) is 46.0 Å². The van der Waals surface area contributed by atoms with Crippen LogP contribution in [-0.2, 0) is 87.7 Å². The molecule has 0 aromatic heterocycles. The van der Waals surface area contributed by atoms with Gasteiger partial charge in [0.2, 0.25) is 0 Å². The normalized spacial score (nSPS) is 24.8. The first-order valence-electron chi connectivity index (χ1n) is 35.7. The van der Waals surface area contributed by atoms with Crippen LogP contribution >= 0.6 is 0 Å². The van der Waals surface area contributed by atoms with Crippen molar-refractivity contribution in [3.05, 3.63) is 284 Å². The number of hydrogen-bond acceptors (Lipinski definition) is 28. The van der Waals surface area contributed by atoms with Crippen LogP contribution in [0.25, 0.3) is 48.6 Å². The molecule has 6 fully saturated rings. The molecule has 0 saturated carbocycles. The summed E-state index contributed by atoms with van der Waals surface area (Å²) in [6, 6.07) is 51.6. The fourth-order valence-electron chi connectivity index (χ4n) is 11.8. The number of benzene rings is 8. The summed E-state index contributed by atoms with van der Waals surface area (Å²) in [5.41, 5.74) is 15.9. The molecule has 0 amide bonds. The highest BCUT2D eigenvalue weighted by Gasteiger charge is 2.82. The van der Waals surface area contributed by atoms with Gasteiger partial charge in [-0.2, -0.15) is 0 Å². The smallest absolute Gasteiger partial charge is 0.427 e. The topological polar surface area (TPSA) is 321 Å². The highest BCUT2D eigenvalue weighted by molar-refractivity contribution is 7.08. The van der Waals surface area contributed by atoms with Crippen LogP contribution in [0.15, 0.2) is 240 Å². The van der Waals surface area contributed by atoms with Gasteiger partial charge in [0.25, 0.3) is 0 Å². The van der Waals surface area contributed by atoms with E-state index in [0.29, 0.717) is 44.5 Å². The average molecular weight is 1710 g/mol. The van der Waals surface area contributed by atoms with Crippen molar-refractivity contribution in [2.75, 3.05) is 0 Å². The zero-order chi connectivity index (χ0) is 81.9. The molecule has 6 aliphatic rings. The molecule has 8 aromatic rings. The SMILES string of the molecule is CC(=O)Oc1ccc(/C=C/[Si]23O[Si]4(/C=C/c5ccc(OC(C)=O)cc5)O[Si]5(/C=C/c6ccc(OC(C)=O)cc6)O[Si](/C=C/c6ccc(OC(C)=O)cc6)(O2)O[Si]2(/C=C/c6ccc(OC(C)=O)cc6)O[Si](/C=C/c6ccc(OC(C)=O)cc6)(O3)O[Si](/C=C/c3ccc(OC(C)=O)cc3)(O4)O[Si](/C=C/c3ccc(OC(C)=O)cc3)(O5)O2)cc1. The molecule has 36 heteroatoms. The molecule has 6 heterocycles.